The van der Waals surface area contributed by atoms with Crippen molar-refractivity contribution in [3.8, 4) is 5.75 Å². The van der Waals surface area contributed by atoms with Gasteiger partial charge in [-0.3, -0.25) is 9.59 Å². The van der Waals surface area contributed by atoms with Crippen molar-refractivity contribution in [1.82, 2.24) is 10.2 Å². The van der Waals surface area contributed by atoms with E-state index in [9.17, 15) is 19.5 Å². The quantitative estimate of drug-likeness (QED) is 0.285. The van der Waals surface area contributed by atoms with Crippen LogP contribution in [0.4, 0.5) is 10.5 Å². The average molecular weight is 564 g/mol. The smallest absolute Gasteiger partial charge is 0.408 e. The number of carbonyl (C=O) groups is 3. The summed E-state index contributed by atoms with van der Waals surface area (Å²) in [5, 5.41) is 15.7. The molecule has 0 saturated heterocycles. The van der Waals surface area contributed by atoms with Gasteiger partial charge in [0.25, 0.3) is 5.91 Å². The number of hydrogen-bond acceptors (Lipinski definition) is 6. The van der Waals surface area contributed by atoms with Crippen LogP contribution in [-0.2, 0) is 14.3 Å². The zero-order valence-electron chi connectivity index (χ0n) is 23.0. The minimum Gasteiger partial charge on any atom is -0.508 e. The van der Waals surface area contributed by atoms with Gasteiger partial charge >= 0.3 is 6.09 Å². The highest BCUT2D eigenvalue weighted by atomic mass is 35.5. The first-order chi connectivity index (χ1) is 17.6. The molecule has 0 aliphatic heterocycles. The second kappa shape index (κ2) is 12.8. The van der Waals surface area contributed by atoms with Crippen LogP contribution in [0.15, 0.2) is 42.5 Å². The van der Waals surface area contributed by atoms with Gasteiger partial charge in [0.05, 0.1) is 10.7 Å². The fourth-order valence-electron chi connectivity index (χ4n) is 3.80. The lowest BCUT2D eigenvalue weighted by atomic mass is 9.92. The summed E-state index contributed by atoms with van der Waals surface area (Å²) < 4.78 is 5.35. The summed E-state index contributed by atoms with van der Waals surface area (Å²) in [7, 11) is 0. The van der Waals surface area contributed by atoms with Gasteiger partial charge in [-0.05, 0) is 77.3 Å². The molecule has 0 spiro atoms. The lowest BCUT2D eigenvalue weighted by molar-refractivity contribution is -0.147. The van der Waals surface area contributed by atoms with Crippen LogP contribution in [0, 0.1) is 6.92 Å². The lowest BCUT2D eigenvalue weighted by Crippen LogP contribution is -2.59. The Balaban J connectivity index is 2.61. The Kier molecular flexibility index (Phi) is 10.5. The standard InChI is InChI=1S/C28H38ClN3O5S/c1-8-28(6,7)32(25(35)21(16-38)30-26(36)37-27(3,4)5)23(18-12-14-19(33)15-13-18)24(34)31-22-17(2)10-9-11-20(22)29/h9-15,21,23,33,38H,8,16H2,1-7H3,(H,30,36)(H,31,34). The summed E-state index contributed by atoms with van der Waals surface area (Å²) in [4.78, 5) is 42.1. The van der Waals surface area contributed by atoms with E-state index in [1.165, 1.54) is 17.0 Å². The minimum atomic E-state index is -1.13. The molecular weight excluding hydrogens is 526 g/mol. The van der Waals surface area contributed by atoms with E-state index in [1.807, 2.05) is 33.8 Å². The Morgan fingerprint density at radius 2 is 1.68 bits per heavy atom. The number of halogens is 1. The van der Waals surface area contributed by atoms with E-state index in [2.05, 4.69) is 23.3 Å². The first-order valence-corrected chi connectivity index (χ1v) is 13.4. The number of alkyl carbamates (subject to hydrolysis) is 1. The zero-order valence-corrected chi connectivity index (χ0v) is 24.6. The van der Waals surface area contributed by atoms with Crippen molar-refractivity contribution < 1.29 is 24.2 Å². The molecule has 0 bridgehead atoms. The van der Waals surface area contributed by atoms with E-state index < -0.39 is 41.1 Å². The highest BCUT2D eigenvalue weighted by molar-refractivity contribution is 7.80. The largest absolute Gasteiger partial charge is 0.508 e. The maximum Gasteiger partial charge on any atom is 0.408 e. The van der Waals surface area contributed by atoms with Crippen molar-refractivity contribution in [3.05, 3.63) is 58.6 Å². The molecule has 0 fully saturated rings. The van der Waals surface area contributed by atoms with Gasteiger partial charge in [-0.1, -0.05) is 42.8 Å². The Morgan fingerprint density at radius 1 is 1.08 bits per heavy atom. The van der Waals surface area contributed by atoms with Crippen molar-refractivity contribution in [2.45, 2.75) is 78.1 Å². The van der Waals surface area contributed by atoms with Gasteiger partial charge in [-0.2, -0.15) is 12.6 Å². The molecule has 3 amide bonds. The number of aryl methyl sites for hydroxylation is 1. The molecule has 0 radical (unpaired) electrons. The number of hydrogen-bond donors (Lipinski definition) is 4. The number of anilines is 1. The molecule has 2 aromatic rings. The topological polar surface area (TPSA) is 108 Å². The minimum absolute atomic E-state index is 0.0160. The van der Waals surface area contributed by atoms with Crippen LogP contribution in [0.3, 0.4) is 0 Å². The second-order valence-corrected chi connectivity index (χ2v) is 11.4. The van der Waals surface area contributed by atoms with Crippen LogP contribution in [0.1, 0.15) is 65.1 Å². The number of benzene rings is 2. The number of ether oxygens (including phenoxy) is 1. The monoisotopic (exact) mass is 563 g/mol. The average Bonchev–Trinajstić information content (AvgIpc) is 2.82. The zero-order chi connectivity index (χ0) is 28.8. The summed E-state index contributed by atoms with van der Waals surface area (Å²) in [6.45, 7) is 12.6. The molecule has 2 unspecified atom stereocenters. The molecule has 0 heterocycles. The Morgan fingerprint density at radius 3 is 2.18 bits per heavy atom. The Bertz CT molecular complexity index is 1130. The molecule has 0 aliphatic rings. The van der Waals surface area contributed by atoms with Gasteiger partial charge in [0, 0.05) is 11.3 Å². The van der Waals surface area contributed by atoms with Crippen molar-refractivity contribution in [2.75, 3.05) is 11.1 Å². The number of para-hydroxylation sites is 1. The number of thiol groups is 1. The highest BCUT2D eigenvalue weighted by Crippen LogP contribution is 2.35. The summed E-state index contributed by atoms with van der Waals surface area (Å²) in [6, 6.07) is 9.13. The molecule has 3 N–H and O–H groups in total. The van der Waals surface area contributed by atoms with E-state index in [0.717, 1.165) is 5.56 Å². The highest BCUT2D eigenvalue weighted by Gasteiger charge is 2.43. The third-order valence-electron chi connectivity index (χ3n) is 6.11. The van der Waals surface area contributed by atoms with Crippen molar-refractivity contribution in [2.24, 2.45) is 0 Å². The molecule has 208 valence electrons. The number of carbonyl (C=O) groups excluding carboxylic acids is 3. The van der Waals surface area contributed by atoms with Crippen LogP contribution in [0.2, 0.25) is 5.02 Å². The molecule has 0 aliphatic carbocycles. The number of phenolic OH excluding ortho intramolecular Hbond substituents is 1. The third kappa shape index (κ3) is 8.04. The van der Waals surface area contributed by atoms with Crippen molar-refractivity contribution in [1.29, 1.82) is 0 Å². The van der Waals surface area contributed by atoms with Crippen molar-refractivity contribution >= 4 is 47.8 Å². The molecule has 2 atom stereocenters. The predicted molar refractivity (Wildman–Crippen MR) is 154 cm³/mol. The molecule has 10 heteroatoms. The normalized spacial score (nSPS) is 13.3. The molecule has 2 aromatic carbocycles. The number of aromatic hydroxyl groups is 1. The summed E-state index contributed by atoms with van der Waals surface area (Å²) in [6.07, 6.45) is -0.270. The van der Waals surface area contributed by atoms with E-state index in [0.29, 0.717) is 22.7 Å². The molecular formula is C28H38ClN3O5S. The lowest BCUT2D eigenvalue weighted by Gasteiger charge is -2.44. The molecule has 0 saturated carbocycles. The number of nitrogens with one attached hydrogen (secondary N) is 2. The summed E-state index contributed by atoms with van der Waals surface area (Å²) in [5.74, 6) is -1.02. The van der Waals surface area contributed by atoms with Gasteiger partial charge in [0.1, 0.15) is 23.4 Å². The fourth-order valence-corrected chi connectivity index (χ4v) is 4.32. The van der Waals surface area contributed by atoms with Crippen LogP contribution in [0.5, 0.6) is 5.75 Å². The fraction of sp³-hybridized carbons (Fsp3) is 0.464. The van der Waals surface area contributed by atoms with Crippen LogP contribution in [0.25, 0.3) is 0 Å². The summed E-state index contributed by atoms with van der Waals surface area (Å²) in [5.41, 5.74) is 0.0569. The maximum atomic E-state index is 14.1. The van der Waals surface area contributed by atoms with E-state index in [1.54, 1.807) is 45.0 Å². The van der Waals surface area contributed by atoms with Gasteiger partial charge < -0.3 is 25.4 Å². The van der Waals surface area contributed by atoms with E-state index in [4.69, 9.17) is 16.3 Å². The van der Waals surface area contributed by atoms with Gasteiger partial charge in [0.15, 0.2) is 0 Å². The van der Waals surface area contributed by atoms with Crippen LogP contribution >= 0.6 is 24.2 Å². The van der Waals surface area contributed by atoms with E-state index in [-0.39, 0.29) is 11.5 Å². The molecule has 8 nitrogen and oxygen atoms in total. The molecule has 0 aromatic heterocycles. The van der Waals surface area contributed by atoms with Crippen LogP contribution in [-0.4, -0.2) is 50.8 Å². The van der Waals surface area contributed by atoms with Gasteiger partial charge in [0.2, 0.25) is 5.91 Å². The van der Waals surface area contributed by atoms with Crippen LogP contribution < -0.4 is 10.6 Å². The van der Waals surface area contributed by atoms with Gasteiger partial charge in [-0.25, -0.2) is 4.79 Å². The van der Waals surface area contributed by atoms with Gasteiger partial charge in [-0.15, -0.1) is 0 Å². The third-order valence-corrected chi connectivity index (χ3v) is 6.79. The number of amides is 3. The van der Waals surface area contributed by atoms with E-state index >= 15 is 0 Å². The van der Waals surface area contributed by atoms with Crippen molar-refractivity contribution in [3.63, 3.8) is 0 Å². The number of rotatable bonds is 9. The SMILES string of the molecule is CCC(C)(C)N(C(=O)C(CS)NC(=O)OC(C)(C)C)C(C(=O)Nc1c(C)cccc1Cl)c1ccc(O)cc1. The number of nitrogens with zero attached hydrogens (tertiary/aromatic N) is 1. The maximum absolute atomic E-state index is 14.1. The first kappa shape index (κ1) is 31.3. The predicted octanol–water partition coefficient (Wildman–Crippen LogP) is 5.87. The molecule has 38 heavy (non-hydrogen) atoms. The summed E-state index contributed by atoms with van der Waals surface area (Å²) >= 11 is 10.7. The second-order valence-electron chi connectivity index (χ2n) is 10.7. The first-order valence-electron chi connectivity index (χ1n) is 12.4. The Labute approximate surface area is 235 Å². The Hall–Kier alpha value is -2.91. The molecule has 2 rings (SSSR count). The number of phenols is 1.